The third kappa shape index (κ3) is 1.45. The third-order valence-corrected chi connectivity index (χ3v) is 4.40. The maximum Gasteiger partial charge on any atom is 0.0562 e. The van der Waals surface area contributed by atoms with E-state index in [2.05, 4.69) is 50.6 Å². The van der Waals surface area contributed by atoms with Gasteiger partial charge in [-0.15, -0.1) is 6.58 Å². The highest BCUT2D eigenvalue weighted by Gasteiger charge is 2.48. The smallest absolute Gasteiger partial charge is 0.0562 e. The molecule has 2 heterocycles. The van der Waals surface area contributed by atoms with Crippen LogP contribution in [0.2, 0.25) is 0 Å². The first-order valence-corrected chi connectivity index (χ1v) is 5.91. The summed E-state index contributed by atoms with van der Waals surface area (Å²) in [6, 6.07) is 0. The zero-order chi connectivity index (χ0) is 9.47. The number of nitrogens with zero attached hydrogens (tertiary/aromatic N) is 2. The van der Waals surface area contributed by atoms with E-state index in [1.807, 2.05) is 0 Å². The van der Waals surface area contributed by atoms with Gasteiger partial charge in [0.25, 0.3) is 0 Å². The van der Waals surface area contributed by atoms with Crippen LogP contribution >= 0.6 is 22.9 Å². The SMILES string of the molecule is C=C[C@@]12CN(I)CC1CCCN2C. The molecule has 0 amide bonds. The molecule has 74 valence electrons. The number of hydrogen-bond donors (Lipinski definition) is 0. The largest absolute Gasteiger partial charge is 0.296 e. The summed E-state index contributed by atoms with van der Waals surface area (Å²) in [4.78, 5) is 2.49. The number of piperidine rings is 1. The van der Waals surface area contributed by atoms with Crippen LogP contribution in [0.25, 0.3) is 0 Å². The van der Waals surface area contributed by atoms with E-state index in [4.69, 9.17) is 0 Å². The molecule has 0 aliphatic carbocycles. The molecule has 0 aromatic carbocycles. The monoisotopic (exact) mass is 292 g/mol. The van der Waals surface area contributed by atoms with Gasteiger partial charge < -0.3 is 0 Å². The van der Waals surface area contributed by atoms with E-state index in [1.165, 1.54) is 25.9 Å². The van der Waals surface area contributed by atoms with Gasteiger partial charge in [0, 0.05) is 36.0 Å². The minimum atomic E-state index is 0.277. The highest BCUT2D eigenvalue weighted by atomic mass is 127. The minimum absolute atomic E-state index is 0.277. The van der Waals surface area contributed by atoms with E-state index in [-0.39, 0.29) is 5.54 Å². The van der Waals surface area contributed by atoms with Crippen molar-refractivity contribution in [1.82, 2.24) is 8.01 Å². The number of rotatable bonds is 1. The lowest BCUT2D eigenvalue weighted by Gasteiger charge is -2.44. The molecule has 2 aliphatic rings. The first-order chi connectivity index (χ1) is 6.19. The summed E-state index contributed by atoms with van der Waals surface area (Å²) < 4.78 is 2.41. The molecule has 0 saturated carbocycles. The molecule has 2 nitrogen and oxygen atoms in total. The Kier molecular flexibility index (Phi) is 2.68. The lowest BCUT2D eigenvalue weighted by molar-refractivity contribution is 0.0922. The van der Waals surface area contributed by atoms with Gasteiger partial charge in [0.05, 0.1) is 5.54 Å². The number of likely N-dealkylation sites (N-methyl/N-ethyl adjacent to an activating group) is 1. The second-order valence-corrected chi connectivity index (χ2v) is 5.62. The standard InChI is InChI=1S/C10H17IN2/c1-3-10-8-13(11)7-9(10)5-4-6-12(10)2/h3,9H,1,4-8H2,2H3/t9?,10-/m1/s1. The Hall–Kier alpha value is 0.390. The molecule has 0 bridgehead atoms. The second kappa shape index (κ2) is 3.51. The number of likely N-dealkylation sites (tertiary alicyclic amines) is 1. The maximum atomic E-state index is 4.03. The van der Waals surface area contributed by atoms with E-state index in [1.54, 1.807) is 0 Å². The minimum Gasteiger partial charge on any atom is -0.296 e. The fraction of sp³-hybridized carbons (Fsp3) is 0.800. The van der Waals surface area contributed by atoms with Crippen molar-refractivity contribution in [2.75, 3.05) is 26.7 Å². The zero-order valence-corrected chi connectivity index (χ0v) is 10.3. The summed E-state index contributed by atoms with van der Waals surface area (Å²) in [5, 5.41) is 0. The third-order valence-electron chi connectivity index (χ3n) is 3.66. The van der Waals surface area contributed by atoms with Crippen LogP contribution in [-0.2, 0) is 0 Å². The van der Waals surface area contributed by atoms with E-state index >= 15 is 0 Å². The highest BCUT2D eigenvalue weighted by Crippen LogP contribution is 2.40. The number of fused-ring (bicyclic) bond motifs is 1. The van der Waals surface area contributed by atoms with Gasteiger partial charge in [-0.2, -0.15) is 0 Å². The molecule has 2 fully saturated rings. The maximum absolute atomic E-state index is 4.03. The van der Waals surface area contributed by atoms with Crippen molar-refractivity contribution in [2.45, 2.75) is 18.4 Å². The Morgan fingerprint density at radius 1 is 1.62 bits per heavy atom. The van der Waals surface area contributed by atoms with Gasteiger partial charge in [0.2, 0.25) is 0 Å². The van der Waals surface area contributed by atoms with Crippen LogP contribution in [0.5, 0.6) is 0 Å². The Balaban J connectivity index is 2.26. The summed E-state index contributed by atoms with van der Waals surface area (Å²) in [6.45, 7) is 7.64. The fourth-order valence-electron chi connectivity index (χ4n) is 2.81. The van der Waals surface area contributed by atoms with Crippen molar-refractivity contribution in [3.8, 4) is 0 Å². The average molecular weight is 292 g/mol. The number of hydrogen-bond acceptors (Lipinski definition) is 2. The molecule has 2 rings (SSSR count). The zero-order valence-electron chi connectivity index (χ0n) is 8.17. The quantitative estimate of drug-likeness (QED) is 0.414. The summed E-state index contributed by atoms with van der Waals surface area (Å²) in [6.07, 6.45) is 4.90. The van der Waals surface area contributed by atoms with Crippen LogP contribution in [0.15, 0.2) is 12.7 Å². The Bertz CT molecular complexity index is 219. The van der Waals surface area contributed by atoms with Crippen LogP contribution in [-0.4, -0.2) is 40.2 Å². The van der Waals surface area contributed by atoms with Crippen molar-refractivity contribution in [2.24, 2.45) is 5.92 Å². The lowest BCUT2D eigenvalue weighted by Crippen LogP contribution is -2.54. The van der Waals surface area contributed by atoms with E-state index in [0.29, 0.717) is 0 Å². The van der Waals surface area contributed by atoms with Gasteiger partial charge in [0.1, 0.15) is 0 Å². The molecule has 3 heteroatoms. The first-order valence-electron chi connectivity index (χ1n) is 4.94. The van der Waals surface area contributed by atoms with Gasteiger partial charge in [-0.25, -0.2) is 3.11 Å². The van der Waals surface area contributed by atoms with Crippen molar-refractivity contribution < 1.29 is 0 Å². The molecule has 2 saturated heterocycles. The van der Waals surface area contributed by atoms with E-state index in [9.17, 15) is 0 Å². The fourth-order valence-corrected chi connectivity index (χ4v) is 3.83. The van der Waals surface area contributed by atoms with Gasteiger partial charge in [0.15, 0.2) is 0 Å². The average Bonchev–Trinajstić information content (AvgIpc) is 2.44. The van der Waals surface area contributed by atoms with E-state index < -0.39 is 0 Å². The predicted octanol–water partition coefficient (Wildman–Crippen LogP) is 1.92. The second-order valence-electron chi connectivity index (χ2n) is 4.26. The number of halogens is 1. The molecule has 0 spiro atoms. The van der Waals surface area contributed by atoms with Gasteiger partial charge in [-0.3, -0.25) is 4.90 Å². The van der Waals surface area contributed by atoms with Crippen molar-refractivity contribution in [3.63, 3.8) is 0 Å². The molecule has 2 atom stereocenters. The van der Waals surface area contributed by atoms with Crippen LogP contribution in [0.3, 0.4) is 0 Å². The molecule has 0 radical (unpaired) electrons. The normalized spacial score (nSPS) is 41.8. The molecule has 0 aromatic heterocycles. The summed E-state index contributed by atoms with van der Waals surface area (Å²) in [5.41, 5.74) is 0.277. The molecule has 0 aromatic rings. The van der Waals surface area contributed by atoms with Gasteiger partial charge in [-0.05, 0) is 32.4 Å². The van der Waals surface area contributed by atoms with Crippen LogP contribution in [0, 0.1) is 5.92 Å². The van der Waals surface area contributed by atoms with Crippen LogP contribution in [0.1, 0.15) is 12.8 Å². The first kappa shape index (κ1) is 9.93. The highest BCUT2D eigenvalue weighted by molar-refractivity contribution is 14.1. The summed E-state index contributed by atoms with van der Waals surface area (Å²) in [7, 11) is 2.24. The lowest BCUT2D eigenvalue weighted by atomic mass is 9.79. The van der Waals surface area contributed by atoms with Gasteiger partial charge >= 0.3 is 0 Å². The molecule has 1 unspecified atom stereocenters. The molecular weight excluding hydrogens is 275 g/mol. The molecule has 13 heavy (non-hydrogen) atoms. The summed E-state index contributed by atoms with van der Waals surface area (Å²) in [5.74, 6) is 0.806. The topological polar surface area (TPSA) is 6.48 Å². The van der Waals surface area contributed by atoms with Crippen molar-refractivity contribution in [1.29, 1.82) is 0 Å². The van der Waals surface area contributed by atoms with Crippen LogP contribution in [0.4, 0.5) is 0 Å². The van der Waals surface area contributed by atoms with E-state index in [0.717, 1.165) is 12.5 Å². The Morgan fingerprint density at radius 2 is 2.38 bits per heavy atom. The summed E-state index contributed by atoms with van der Waals surface area (Å²) >= 11 is 2.44. The Morgan fingerprint density at radius 3 is 3.00 bits per heavy atom. The Labute approximate surface area is 94.5 Å². The predicted molar refractivity (Wildman–Crippen MR) is 63.9 cm³/mol. The molecule has 2 aliphatic heterocycles. The van der Waals surface area contributed by atoms with Crippen molar-refractivity contribution in [3.05, 3.63) is 12.7 Å². The van der Waals surface area contributed by atoms with Gasteiger partial charge in [-0.1, -0.05) is 6.08 Å². The van der Waals surface area contributed by atoms with Crippen molar-refractivity contribution >= 4 is 22.9 Å². The molecule has 0 N–H and O–H groups in total. The van der Waals surface area contributed by atoms with Crippen LogP contribution < -0.4 is 0 Å². The molecular formula is C10H17IN2.